The van der Waals surface area contributed by atoms with Crippen LogP contribution in [0.2, 0.25) is 0 Å². The fraction of sp³-hybridized carbons (Fsp3) is 0.867. The van der Waals surface area contributed by atoms with Gasteiger partial charge in [-0.15, -0.1) is 5.10 Å². The van der Waals surface area contributed by atoms with Crippen molar-refractivity contribution in [3.63, 3.8) is 0 Å². The highest BCUT2D eigenvalue weighted by Crippen LogP contribution is 2.10. The van der Waals surface area contributed by atoms with E-state index in [9.17, 15) is 0 Å². The lowest BCUT2D eigenvalue weighted by Gasteiger charge is -2.34. The van der Waals surface area contributed by atoms with Crippen LogP contribution >= 0.6 is 0 Å². The fourth-order valence-corrected chi connectivity index (χ4v) is 2.48. The summed E-state index contributed by atoms with van der Waals surface area (Å²) in [4.78, 5) is 2.50. The molecule has 0 amide bonds. The second-order valence-electron chi connectivity index (χ2n) is 6.75. The van der Waals surface area contributed by atoms with Gasteiger partial charge >= 0.3 is 0 Å². The molecule has 1 aromatic rings. The van der Waals surface area contributed by atoms with Crippen molar-refractivity contribution in [2.45, 2.75) is 58.8 Å². The lowest BCUT2D eigenvalue weighted by molar-refractivity contribution is -0.0103. The summed E-state index contributed by atoms with van der Waals surface area (Å²) >= 11 is 0. The molecule has 1 aromatic heterocycles. The standard InChI is InChI=1S/C15H29N5O/c1-5-14-12-21-9-8-19(14)6-7-20-11-13(17-18-20)10-16-15(2,3)4/h11,14,16H,5-10,12H2,1-4H3. The molecule has 0 radical (unpaired) electrons. The van der Waals surface area contributed by atoms with Gasteiger partial charge in [0.1, 0.15) is 0 Å². The quantitative estimate of drug-likeness (QED) is 0.857. The first-order valence-electron chi connectivity index (χ1n) is 7.94. The Balaban J connectivity index is 1.79. The van der Waals surface area contributed by atoms with Crippen molar-refractivity contribution in [1.29, 1.82) is 0 Å². The normalized spacial score (nSPS) is 20.9. The smallest absolute Gasteiger partial charge is 0.0965 e. The van der Waals surface area contributed by atoms with E-state index in [0.717, 1.165) is 51.5 Å². The largest absolute Gasteiger partial charge is 0.378 e. The summed E-state index contributed by atoms with van der Waals surface area (Å²) in [6, 6.07) is 0.546. The molecule has 1 aliphatic rings. The molecule has 1 saturated heterocycles. The first-order chi connectivity index (χ1) is 9.98. The van der Waals surface area contributed by atoms with Crippen molar-refractivity contribution < 1.29 is 4.74 Å². The van der Waals surface area contributed by atoms with E-state index in [4.69, 9.17) is 4.74 Å². The van der Waals surface area contributed by atoms with Crippen LogP contribution in [0.3, 0.4) is 0 Å². The molecule has 0 spiro atoms. The molecule has 120 valence electrons. The Morgan fingerprint density at radius 1 is 1.38 bits per heavy atom. The fourth-order valence-electron chi connectivity index (χ4n) is 2.48. The van der Waals surface area contributed by atoms with Crippen molar-refractivity contribution in [3.05, 3.63) is 11.9 Å². The van der Waals surface area contributed by atoms with E-state index in [1.165, 1.54) is 0 Å². The van der Waals surface area contributed by atoms with Crippen molar-refractivity contribution in [3.8, 4) is 0 Å². The third-order valence-corrected chi connectivity index (χ3v) is 3.82. The zero-order valence-electron chi connectivity index (χ0n) is 13.8. The SMILES string of the molecule is CCC1COCCN1CCn1cc(CNC(C)(C)C)nn1. The highest BCUT2D eigenvalue weighted by Gasteiger charge is 2.21. The van der Waals surface area contributed by atoms with Gasteiger partial charge in [0.2, 0.25) is 0 Å². The van der Waals surface area contributed by atoms with E-state index < -0.39 is 0 Å². The predicted molar refractivity (Wildman–Crippen MR) is 83.1 cm³/mol. The summed E-state index contributed by atoms with van der Waals surface area (Å²) in [5.74, 6) is 0. The molecule has 1 aliphatic heterocycles. The van der Waals surface area contributed by atoms with Gasteiger partial charge in [0.05, 0.1) is 25.5 Å². The molecule has 1 unspecified atom stereocenters. The van der Waals surface area contributed by atoms with Crippen LogP contribution in [0.15, 0.2) is 6.20 Å². The molecule has 1 N–H and O–H groups in total. The van der Waals surface area contributed by atoms with Gasteiger partial charge < -0.3 is 10.1 Å². The van der Waals surface area contributed by atoms with Crippen LogP contribution in [0.4, 0.5) is 0 Å². The number of nitrogens with one attached hydrogen (secondary N) is 1. The number of hydrogen-bond donors (Lipinski definition) is 1. The third-order valence-electron chi connectivity index (χ3n) is 3.82. The van der Waals surface area contributed by atoms with E-state index in [0.29, 0.717) is 6.04 Å². The number of ether oxygens (including phenoxy) is 1. The van der Waals surface area contributed by atoms with Crippen LogP contribution in [-0.2, 0) is 17.8 Å². The Morgan fingerprint density at radius 3 is 2.90 bits per heavy atom. The van der Waals surface area contributed by atoms with Gasteiger partial charge in [-0.05, 0) is 27.2 Å². The van der Waals surface area contributed by atoms with E-state index in [-0.39, 0.29) is 5.54 Å². The topological polar surface area (TPSA) is 55.2 Å². The van der Waals surface area contributed by atoms with E-state index in [1.807, 2.05) is 10.9 Å². The van der Waals surface area contributed by atoms with Gasteiger partial charge in [0.15, 0.2) is 0 Å². The Labute approximate surface area is 127 Å². The monoisotopic (exact) mass is 295 g/mol. The van der Waals surface area contributed by atoms with Gasteiger partial charge in [0, 0.05) is 37.4 Å². The van der Waals surface area contributed by atoms with Crippen LogP contribution < -0.4 is 5.32 Å². The van der Waals surface area contributed by atoms with Crippen molar-refractivity contribution >= 4 is 0 Å². The third kappa shape index (κ3) is 5.37. The molecule has 0 aliphatic carbocycles. The average molecular weight is 295 g/mol. The minimum atomic E-state index is 0.103. The minimum absolute atomic E-state index is 0.103. The van der Waals surface area contributed by atoms with Gasteiger partial charge in [-0.3, -0.25) is 9.58 Å². The molecule has 2 rings (SSSR count). The number of nitrogens with zero attached hydrogens (tertiary/aromatic N) is 4. The lowest BCUT2D eigenvalue weighted by atomic mass is 10.1. The molecule has 0 aromatic carbocycles. The maximum Gasteiger partial charge on any atom is 0.0965 e. The zero-order valence-corrected chi connectivity index (χ0v) is 13.8. The van der Waals surface area contributed by atoms with Crippen molar-refractivity contribution in [2.24, 2.45) is 0 Å². The molecule has 6 nitrogen and oxygen atoms in total. The van der Waals surface area contributed by atoms with Gasteiger partial charge in [0.25, 0.3) is 0 Å². The van der Waals surface area contributed by atoms with Crippen LogP contribution in [0.25, 0.3) is 0 Å². The summed E-state index contributed by atoms with van der Waals surface area (Å²) in [5, 5.41) is 11.9. The molecule has 0 saturated carbocycles. The minimum Gasteiger partial charge on any atom is -0.378 e. The molecule has 1 atom stereocenters. The second-order valence-corrected chi connectivity index (χ2v) is 6.75. The highest BCUT2D eigenvalue weighted by molar-refractivity contribution is 4.93. The van der Waals surface area contributed by atoms with Crippen LogP contribution in [-0.4, -0.2) is 57.8 Å². The Hall–Kier alpha value is -0.980. The first-order valence-corrected chi connectivity index (χ1v) is 7.94. The highest BCUT2D eigenvalue weighted by atomic mass is 16.5. The zero-order chi connectivity index (χ0) is 15.3. The molecule has 1 fully saturated rings. The molecular weight excluding hydrogens is 266 g/mol. The lowest BCUT2D eigenvalue weighted by Crippen LogP contribution is -2.46. The van der Waals surface area contributed by atoms with E-state index in [2.05, 4.69) is 48.2 Å². The van der Waals surface area contributed by atoms with Gasteiger partial charge in [-0.1, -0.05) is 12.1 Å². The maximum atomic E-state index is 5.54. The summed E-state index contributed by atoms with van der Waals surface area (Å²) in [7, 11) is 0. The summed E-state index contributed by atoms with van der Waals surface area (Å²) in [6.07, 6.45) is 3.18. The molecule has 6 heteroatoms. The summed E-state index contributed by atoms with van der Waals surface area (Å²) in [5.41, 5.74) is 1.10. The van der Waals surface area contributed by atoms with Crippen molar-refractivity contribution in [1.82, 2.24) is 25.2 Å². The maximum absolute atomic E-state index is 5.54. The van der Waals surface area contributed by atoms with Gasteiger partial charge in [-0.25, -0.2) is 0 Å². The number of morpholine rings is 1. The van der Waals surface area contributed by atoms with Crippen LogP contribution in [0.5, 0.6) is 0 Å². The Bertz CT molecular complexity index is 426. The summed E-state index contributed by atoms with van der Waals surface area (Å²) < 4.78 is 7.48. The number of aromatic nitrogens is 3. The molecule has 0 bridgehead atoms. The Morgan fingerprint density at radius 2 is 2.19 bits per heavy atom. The number of hydrogen-bond acceptors (Lipinski definition) is 5. The Kier molecular flexibility index (Phi) is 5.72. The number of rotatable bonds is 6. The molecule has 2 heterocycles. The van der Waals surface area contributed by atoms with E-state index in [1.54, 1.807) is 0 Å². The van der Waals surface area contributed by atoms with Crippen LogP contribution in [0.1, 0.15) is 39.8 Å². The second kappa shape index (κ2) is 7.33. The molecular formula is C15H29N5O. The van der Waals surface area contributed by atoms with Crippen molar-refractivity contribution in [2.75, 3.05) is 26.3 Å². The first kappa shape index (κ1) is 16.4. The average Bonchev–Trinajstić information content (AvgIpc) is 2.90. The predicted octanol–water partition coefficient (Wildman–Crippen LogP) is 1.28. The van der Waals surface area contributed by atoms with Gasteiger partial charge in [-0.2, -0.15) is 0 Å². The molecule has 21 heavy (non-hydrogen) atoms. The van der Waals surface area contributed by atoms with E-state index >= 15 is 0 Å². The van der Waals surface area contributed by atoms with Crippen LogP contribution in [0, 0.1) is 0 Å². The summed E-state index contributed by atoms with van der Waals surface area (Å²) in [6.45, 7) is 14.1.